The molecule has 3 amide bonds. The van der Waals surface area contributed by atoms with Gasteiger partial charge in [-0.2, -0.15) is 11.8 Å². The molecule has 2 fully saturated rings. The predicted molar refractivity (Wildman–Crippen MR) is 85.0 cm³/mol. The SMILES string of the molecule is O=C1NC2(CCSCC2)C(=O)N1C/C=C/c1ccccc1. The molecular weight excluding hydrogens is 284 g/mol. The zero-order chi connectivity index (χ0) is 14.7. The summed E-state index contributed by atoms with van der Waals surface area (Å²) in [5, 5.41) is 2.91. The van der Waals surface area contributed by atoms with Gasteiger partial charge in [-0.1, -0.05) is 42.5 Å². The van der Waals surface area contributed by atoms with E-state index in [0.717, 1.165) is 29.9 Å². The number of urea groups is 1. The largest absolute Gasteiger partial charge is 0.325 e. The van der Waals surface area contributed by atoms with E-state index >= 15 is 0 Å². The Morgan fingerprint density at radius 1 is 1.19 bits per heavy atom. The van der Waals surface area contributed by atoms with E-state index in [1.165, 1.54) is 4.90 Å². The molecule has 1 aromatic rings. The maximum atomic E-state index is 12.5. The van der Waals surface area contributed by atoms with E-state index < -0.39 is 5.54 Å². The quantitative estimate of drug-likeness (QED) is 0.873. The Morgan fingerprint density at radius 2 is 1.90 bits per heavy atom. The van der Waals surface area contributed by atoms with Gasteiger partial charge in [0.2, 0.25) is 0 Å². The summed E-state index contributed by atoms with van der Waals surface area (Å²) >= 11 is 1.84. The summed E-state index contributed by atoms with van der Waals surface area (Å²) in [4.78, 5) is 25.9. The lowest BCUT2D eigenvalue weighted by Crippen LogP contribution is -2.49. The molecule has 5 heteroatoms. The monoisotopic (exact) mass is 302 g/mol. The zero-order valence-corrected chi connectivity index (χ0v) is 12.6. The highest BCUT2D eigenvalue weighted by atomic mass is 32.2. The highest BCUT2D eigenvalue weighted by Gasteiger charge is 2.50. The van der Waals surface area contributed by atoms with E-state index in [1.54, 1.807) is 0 Å². The summed E-state index contributed by atoms with van der Waals surface area (Å²) in [6.45, 7) is 0.328. The van der Waals surface area contributed by atoms with Crippen LogP contribution in [0.15, 0.2) is 36.4 Å². The number of amides is 3. The lowest BCUT2D eigenvalue weighted by Gasteiger charge is -2.30. The number of benzene rings is 1. The minimum Gasteiger partial charge on any atom is -0.323 e. The number of carbonyl (C=O) groups is 2. The molecular formula is C16H18N2O2S. The summed E-state index contributed by atoms with van der Waals surface area (Å²) in [5.41, 5.74) is 0.427. The summed E-state index contributed by atoms with van der Waals surface area (Å²) in [6.07, 6.45) is 5.27. The molecule has 1 aromatic carbocycles. The molecule has 4 nitrogen and oxygen atoms in total. The number of carbonyl (C=O) groups excluding carboxylic acids is 2. The number of rotatable bonds is 3. The lowest BCUT2D eigenvalue weighted by atomic mass is 9.92. The van der Waals surface area contributed by atoms with Gasteiger partial charge in [-0.15, -0.1) is 0 Å². The van der Waals surface area contributed by atoms with Crippen LogP contribution in [0.2, 0.25) is 0 Å². The van der Waals surface area contributed by atoms with E-state index in [2.05, 4.69) is 5.32 Å². The van der Waals surface area contributed by atoms with E-state index in [-0.39, 0.29) is 11.9 Å². The first kappa shape index (κ1) is 14.2. The smallest absolute Gasteiger partial charge is 0.323 e. The number of imide groups is 1. The average molecular weight is 302 g/mol. The molecule has 0 bridgehead atoms. The van der Waals surface area contributed by atoms with Crippen molar-refractivity contribution in [3.8, 4) is 0 Å². The molecule has 0 saturated carbocycles. The Balaban J connectivity index is 1.67. The predicted octanol–water partition coefficient (Wildman–Crippen LogP) is 2.52. The van der Waals surface area contributed by atoms with Gasteiger partial charge in [0, 0.05) is 6.54 Å². The normalized spacial score (nSPS) is 21.2. The molecule has 0 aliphatic carbocycles. The molecule has 2 aliphatic rings. The van der Waals surface area contributed by atoms with Crippen molar-refractivity contribution in [2.24, 2.45) is 0 Å². The third-order valence-corrected chi connectivity index (χ3v) is 4.98. The standard InChI is InChI=1S/C16H18N2O2S/c19-14-16(8-11-21-12-9-16)17-15(20)18(14)10-4-7-13-5-2-1-3-6-13/h1-7H,8-12H2,(H,17,20)/b7-4+. The van der Waals surface area contributed by atoms with Crippen LogP contribution in [-0.4, -0.2) is 40.4 Å². The van der Waals surface area contributed by atoms with Crippen LogP contribution in [0, 0.1) is 0 Å². The zero-order valence-electron chi connectivity index (χ0n) is 11.7. The van der Waals surface area contributed by atoms with Crippen LogP contribution in [0.1, 0.15) is 18.4 Å². The van der Waals surface area contributed by atoms with Gasteiger partial charge in [-0.3, -0.25) is 9.69 Å². The van der Waals surface area contributed by atoms with Crippen molar-refractivity contribution in [2.45, 2.75) is 18.4 Å². The number of thioether (sulfide) groups is 1. The van der Waals surface area contributed by atoms with Crippen LogP contribution in [0.25, 0.3) is 6.08 Å². The second kappa shape index (κ2) is 5.93. The van der Waals surface area contributed by atoms with Gasteiger partial charge in [0.15, 0.2) is 0 Å². The van der Waals surface area contributed by atoms with E-state index in [4.69, 9.17) is 0 Å². The van der Waals surface area contributed by atoms with E-state index in [0.29, 0.717) is 6.54 Å². The van der Waals surface area contributed by atoms with Crippen molar-refractivity contribution in [1.82, 2.24) is 10.2 Å². The fraction of sp³-hybridized carbons (Fsp3) is 0.375. The third kappa shape index (κ3) is 2.83. The lowest BCUT2D eigenvalue weighted by molar-refractivity contribution is -0.131. The van der Waals surface area contributed by atoms with Crippen molar-refractivity contribution >= 4 is 29.8 Å². The van der Waals surface area contributed by atoms with Crippen molar-refractivity contribution in [3.05, 3.63) is 42.0 Å². The van der Waals surface area contributed by atoms with Gasteiger partial charge in [0.05, 0.1) is 0 Å². The Labute approximate surface area is 128 Å². The third-order valence-electron chi connectivity index (χ3n) is 3.99. The average Bonchev–Trinajstić information content (AvgIpc) is 2.73. The molecule has 21 heavy (non-hydrogen) atoms. The molecule has 2 aliphatic heterocycles. The van der Waals surface area contributed by atoms with Gasteiger partial charge in [-0.25, -0.2) is 4.79 Å². The Bertz CT molecular complexity index is 565. The minimum absolute atomic E-state index is 0.0643. The van der Waals surface area contributed by atoms with Crippen molar-refractivity contribution in [2.75, 3.05) is 18.1 Å². The first-order valence-electron chi connectivity index (χ1n) is 7.15. The second-order valence-corrected chi connectivity index (χ2v) is 6.58. The molecule has 2 heterocycles. The van der Waals surface area contributed by atoms with Crippen molar-refractivity contribution in [1.29, 1.82) is 0 Å². The van der Waals surface area contributed by atoms with Gasteiger partial charge >= 0.3 is 6.03 Å². The fourth-order valence-corrected chi connectivity index (χ4v) is 3.95. The fourth-order valence-electron chi connectivity index (χ4n) is 2.76. The van der Waals surface area contributed by atoms with Crippen LogP contribution >= 0.6 is 11.8 Å². The maximum Gasteiger partial charge on any atom is 0.325 e. The van der Waals surface area contributed by atoms with Gasteiger partial charge in [0.25, 0.3) is 5.91 Å². The second-order valence-electron chi connectivity index (χ2n) is 5.35. The van der Waals surface area contributed by atoms with Crippen LogP contribution < -0.4 is 5.32 Å². The highest BCUT2D eigenvalue weighted by molar-refractivity contribution is 7.99. The first-order chi connectivity index (χ1) is 10.2. The molecule has 0 unspecified atom stereocenters. The number of nitrogens with one attached hydrogen (secondary N) is 1. The molecule has 0 radical (unpaired) electrons. The minimum atomic E-state index is -0.636. The van der Waals surface area contributed by atoms with Gasteiger partial charge < -0.3 is 5.32 Å². The number of nitrogens with zero attached hydrogens (tertiary/aromatic N) is 1. The topological polar surface area (TPSA) is 49.4 Å². The number of hydrogen-bond donors (Lipinski definition) is 1. The van der Waals surface area contributed by atoms with Gasteiger partial charge in [-0.05, 0) is 29.9 Å². The summed E-state index contributed by atoms with van der Waals surface area (Å²) < 4.78 is 0. The van der Waals surface area contributed by atoms with E-state index in [9.17, 15) is 9.59 Å². The molecule has 3 rings (SSSR count). The summed E-state index contributed by atoms with van der Waals surface area (Å²) in [7, 11) is 0. The van der Waals surface area contributed by atoms with Crippen molar-refractivity contribution < 1.29 is 9.59 Å². The van der Waals surface area contributed by atoms with Crippen LogP contribution in [0.3, 0.4) is 0 Å². The van der Waals surface area contributed by atoms with Crippen LogP contribution in [0.5, 0.6) is 0 Å². The van der Waals surface area contributed by atoms with Gasteiger partial charge in [0.1, 0.15) is 5.54 Å². The molecule has 0 atom stereocenters. The molecule has 2 saturated heterocycles. The summed E-state index contributed by atoms with van der Waals surface area (Å²) in [5.74, 6) is 1.80. The molecule has 0 aromatic heterocycles. The molecule has 110 valence electrons. The molecule has 1 N–H and O–H groups in total. The Hall–Kier alpha value is -1.75. The Kier molecular flexibility index (Phi) is 4.01. The van der Waals surface area contributed by atoms with Crippen LogP contribution in [-0.2, 0) is 4.79 Å². The molecule has 1 spiro atoms. The number of hydrogen-bond acceptors (Lipinski definition) is 3. The highest BCUT2D eigenvalue weighted by Crippen LogP contribution is 2.32. The maximum absolute atomic E-state index is 12.5. The van der Waals surface area contributed by atoms with Crippen molar-refractivity contribution in [3.63, 3.8) is 0 Å². The van der Waals surface area contributed by atoms with Crippen LogP contribution in [0.4, 0.5) is 4.79 Å². The van der Waals surface area contributed by atoms with E-state index in [1.807, 2.05) is 54.2 Å². The first-order valence-corrected chi connectivity index (χ1v) is 8.30. The summed E-state index contributed by atoms with van der Waals surface area (Å²) in [6, 6.07) is 9.60. The Morgan fingerprint density at radius 3 is 2.62 bits per heavy atom.